The van der Waals surface area contributed by atoms with Gasteiger partial charge in [-0.2, -0.15) is 10.4 Å². The molecule has 1 aliphatic rings. The minimum atomic E-state index is -0.273. The molecular weight excluding hydrogens is 243 g/mol. The van der Waals surface area contributed by atoms with Crippen LogP contribution in [0, 0.1) is 17.1 Å². The molecule has 0 radical (unpaired) electrons. The van der Waals surface area contributed by atoms with Crippen LogP contribution in [0.4, 0.5) is 4.39 Å². The molecule has 4 nitrogen and oxygen atoms in total. The van der Waals surface area contributed by atoms with Crippen LogP contribution in [0.5, 0.6) is 0 Å². The number of nitriles is 1. The van der Waals surface area contributed by atoms with Gasteiger partial charge in [0.15, 0.2) is 0 Å². The van der Waals surface area contributed by atoms with Crippen molar-refractivity contribution in [1.29, 1.82) is 5.26 Å². The third-order valence-electron chi connectivity index (χ3n) is 3.33. The van der Waals surface area contributed by atoms with E-state index in [1.807, 2.05) is 6.07 Å². The Morgan fingerprint density at radius 3 is 3.16 bits per heavy atom. The minimum Gasteiger partial charge on any atom is -0.312 e. The van der Waals surface area contributed by atoms with Crippen LogP contribution in [0.2, 0.25) is 0 Å². The lowest BCUT2D eigenvalue weighted by Crippen LogP contribution is -2.24. The topological polar surface area (TPSA) is 53.6 Å². The van der Waals surface area contributed by atoms with Gasteiger partial charge in [-0.15, -0.1) is 0 Å². The summed E-state index contributed by atoms with van der Waals surface area (Å²) >= 11 is 0. The Bertz CT molecular complexity index is 654. The molecule has 0 unspecified atom stereocenters. The molecule has 19 heavy (non-hydrogen) atoms. The standard InChI is InChI=1S/C14H13FN4/c15-11-3-1-2-10(8-11)14-12-9-17-6-4-13(12)19(18-14)7-5-16/h1-3,8,17H,4,6-7,9H2. The molecule has 0 saturated heterocycles. The maximum atomic E-state index is 13.3. The molecule has 1 aromatic heterocycles. The number of hydrogen-bond donors (Lipinski definition) is 1. The second-order valence-corrected chi connectivity index (χ2v) is 4.53. The van der Waals surface area contributed by atoms with Gasteiger partial charge in [-0.1, -0.05) is 12.1 Å². The first-order chi connectivity index (χ1) is 9.29. The van der Waals surface area contributed by atoms with Gasteiger partial charge in [0.1, 0.15) is 12.4 Å². The zero-order chi connectivity index (χ0) is 13.2. The Morgan fingerprint density at radius 2 is 2.37 bits per heavy atom. The molecule has 0 aliphatic carbocycles. The van der Waals surface area contributed by atoms with Crippen molar-refractivity contribution in [3.63, 3.8) is 0 Å². The highest BCUT2D eigenvalue weighted by atomic mass is 19.1. The number of nitrogens with one attached hydrogen (secondary N) is 1. The Labute approximate surface area is 110 Å². The van der Waals surface area contributed by atoms with Crippen molar-refractivity contribution in [3.05, 3.63) is 41.3 Å². The van der Waals surface area contributed by atoms with Crippen LogP contribution >= 0.6 is 0 Å². The summed E-state index contributed by atoms with van der Waals surface area (Å²) in [5, 5.41) is 16.6. The van der Waals surface area contributed by atoms with Gasteiger partial charge in [0.05, 0.1) is 11.8 Å². The maximum Gasteiger partial charge on any atom is 0.128 e. The average Bonchev–Trinajstić information content (AvgIpc) is 2.79. The summed E-state index contributed by atoms with van der Waals surface area (Å²) in [4.78, 5) is 0. The zero-order valence-electron chi connectivity index (χ0n) is 10.4. The summed E-state index contributed by atoms with van der Waals surface area (Å²) in [6, 6.07) is 8.53. The lowest BCUT2D eigenvalue weighted by atomic mass is 10.0. The fourth-order valence-electron chi connectivity index (χ4n) is 2.49. The van der Waals surface area contributed by atoms with E-state index >= 15 is 0 Å². The molecule has 0 saturated carbocycles. The van der Waals surface area contributed by atoms with Gasteiger partial charge in [0.25, 0.3) is 0 Å². The van der Waals surface area contributed by atoms with Crippen LogP contribution in [0.15, 0.2) is 24.3 Å². The van der Waals surface area contributed by atoms with Crippen molar-refractivity contribution >= 4 is 0 Å². The number of halogens is 1. The van der Waals surface area contributed by atoms with Crippen LogP contribution in [0.25, 0.3) is 11.3 Å². The van der Waals surface area contributed by atoms with Gasteiger partial charge < -0.3 is 5.32 Å². The molecule has 0 amide bonds. The quantitative estimate of drug-likeness (QED) is 0.892. The second kappa shape index (κ2) is 4.82. The number of rotatable bonds is 2. The zero-order valence-corrected chi connectivity index (χ0v) is 10.4. The van der Waals surface area contributed by atoms with Crippen molar-refractivity contribution < 1.29 is 4.39 Å². The van der Waals surface area contributed by atoms with Crippen molar-refractivity contribution in [2.75, 3.05) is 6.54 Å². The molecule has 96 valence electrons. The van der Waals surface area contributed by atoms with E-state index in [0.29, 0.717) is 6.54 Å². The van der Waals surface area contributed by atoms with E-state index in [1.165, 1.54) is 12.1 Å². The molecule has 0 atom stereocenters. The Kier molecular flexibility index (Phi) is 3.02. The summed E-state index contributed by atoms with van der Waals surface area (Å²) in [5.74, 6) is -0.273. The fraction of sp³-hybridized carbons (Fsp3) is 0.286. The van der Waals surface area contributed by atoms with Crippen LogP contribution in [0.3, 0.4) is 0 Å². The molecule has 1 aromatic carbocycles. The van der Waals surface area contributed by atoms with Crippen LogP contribution in [-0.2, 0) is 19.5 Å². The predicted octanol–water partition coefficient (Wildman–Crippen LogP) is 1.86. The van der Waals surface area contributed by atoms with Gasteiger partial charge in [-0.05, 0) is 12.1 Å². The van der Waals surface area contributed by atoms with Crippen LogP contribution in [-0.4, -0.2) is 16.3 Å². The van der Waals surface area contributed by atoms with E-state index in [1.54, 1.807) is 10.7 Å². The number of nitrogens with zero attached hydrogens (tertiary/aromatic N) is 3. The van der Waals surface area contributed by atoms with Crippen molar-refractivity contribution in [3.8, 4) is 17.3 Å². The molecule has 3 rings (SSSR count). The minimum absolute atomic E-state index is 0.234. The summed E-state index contributed by atoms with van der Waals surface area (Å²) in [7, 11) is 0. The molecule has 0 bridgehead atoms. The monoisotopic (exact) mass is 256 g/mol. The van der Waals surface area contributed by atoms with E-state index in [9.17, 15) is 4.39 Å². The molecule has 0 fully saturated rings. The van der Waals surface area contributed by atoms with E-state index < -0.39 is 0 Å². The van der Waals surface area contributed by atoms with E-state index in [4.69, 9.17) is 5.26 Å². The summed E-state index contributed by atoms with van der Waals surface area (Å²) in [6.45, 7) is 1.83. The first-order valence-electron chi connectivity index (χ1n) is 6.22. The third-order valence-corrected chi connectivity index (χ3v) is 3.33. The highest BCUT2D eigenvalue weighted by Crippen LogP contribution is 2.28. The Hall–Kier alpha value is -2.19. The predicted molar refractivity (Wildman–Crippen MR) is 68.6 cm³/mol. The second-order valence-electron chi connectivity index (χ2n) is 4.53. The molecule has 1 N–H and O–H groups in total. The SMILES string of the molecule is N#CCn1nc(-c2cccc(F)c2)c2c1CCNC2. The van der Waals surface area contributed by atoms with Gasteiger partial charge in [0.2, 0.25) is 0 Å². The molecule has 0 spiro atoms. The molecular formula is C14H13FN4. The van der Waals surface area contributed by atoms with E-state index in [0.717, 1.165) is 35.5 Å². The van der Waals surface area contributed by atoms with Crippen molar-refractivity contribution in [1.82, 2.24) is 15.1 Å². The maximum absolute atomic E-state index is 13.3. The summed E-state index contributed by atoms with van der Waals surface area (Å²) in [6.07, 6.45) is 0.847. The number of hydrogen-bond acceptors (Lipinski definition) is 3. The largest absolute Gasteiger partial charge is 0.312 e. The molecule has 1 aliphatic heterocycles. The highest BCUT2D eigenvalue weighted by molar-refractivity contribution is 5.64. The van der Waals surface area contributed by atoms with Gasteiger partial charge in [0, 0.05) is 36.3 Å². The van der Waals surface area contributed by atoms with Crippen LogP contribution in [0.1, 0.15) is 11.3 Å². The van der Waals surface area contributed by atoms with Gasteiger partial charge >= 0.3 is 0 Å². The first kappa shape index (κ1) is 11.9. The Balaban J connectivity index is 2.14. The average molecular weight is 256 g/mol. The number of aromatic nitrogens is 2. The first-order valence-corrected chi connectivity index (χ1v) is 6.22. The molecule has 5 heteroatoms. The normalized spacial score (nSPS) is 13.9. The van der Waals surface area contributed by atoms with Gasteiger partial charge in [-0.25, -0.2) is 4.39 Å². The summed E-state index contributed by atoms with van der Waals surface area (Å²) in [5.41, 5.74) is 3.69. The molecule has 2 aromatic rings. The smallest absolute Gasteiger partial charge is 0.128 e. The Morgan fingerprint density at radius 1 is 1.47 bits per heavy atom. The third kappa shape index (κ3) is 2.11. The lowest BCUT2D eigenvalue weighted by molar-refractivity contribution is 0.590. The van der Waals surface area contributed by atoms with Gasteiger partial charge in [-0.3, -0.25) is 4.68 Å². The number of benzene rings is 1. The van der Waals surface area contributed by atoms with Crippen LogP contribution < -0.4 is 5.32 Å². The fourth-order valence-corrected chi connectivity index (χ4v) is 2.49. The van der Waals surface area contributed by atoms with E-state index in [2.05, 4.69) is 16.5 Å². The van der Waals surface area contributed by atoms with Crippen molar-refractivity contribution in [2.24, 2.45) is 0 Å². The molecule has 2 heterocycles. The summed E-state index contributed by atoms with van der Waals surface area (Å²) < 4.78 is 15.1. The number of fused-ring (bicyclic) bond motifs is 1. The van der Waals surface area contributed by atoms with Crippen molar-refractivity contribution in [2.45, 2.75) is 19.5 Å². The lowest BCUT2D eigenvalue weighted by Gasteiger charge is -2.14. The van der Waals surface area contributed by atoms with E-state index in [-0.39, 0.29) is 12.4 Å². The highest BCUT2D eigenvalue weighted by Gasteiger charge is 2.21.